The summed E-state index contributed by atoms with van der Waals surface area (Å²) in [5.41, 5.74) is 4.88. The molecule has 1 saturated heterocycles. The summed E-state index contributed by atoms with van der Waals surface area (Å²) in [6.45, 7) is -0.0423. The van der Waals surface area contributed by atoms with Crippen molar-refractivity contribution < 1.29 is 24.2 Å². The van der Waals surface area contributed by atoms with E-state index in [-0.39, 0.29) is 19.8 Å². The number of amides is 3. The first kappa shape index (κ1) is 13.2. The Morgan fingerprint density at radius 3 is 2.65 bits per heavy atom. The lowest BCUT2D eigenvalue weighted by molar-refractivity contribution is -0.142. The molecule has 0 bridgehead atoms. The molecule has 2 unspecified atom stereocenters. The topological polar surface area (TPSA) is 122 Å². The molecule has 2 atom stereocenters. The summed E-state index contributed by atoms with van der Waals surface area (Å²) >= 11 is 0. The summed E-state index contributed by atoms with van der Waals surface area (Å²) in [6.07, 6.45) is 0. The molecule has 17 heavy (non-hydrogen) atoms. The average molecular weight is 245 g/mol. The second-order valence-corrected chi connectivity index (χ2v) is 3.79. The Hall–Kier alpha value is -1.83. The van der Waals surface area contributed by atoms with Gasteiger partial charge < -0.3 is 25.8 Å². The number of nitrogens with zero attached hydrogens (tertiary/aromatic N) is 1. The van der Waals surface area contributed by atoms with Crippen LogP contribution in [0.3, 0.4) is 0 Å². The fraction of sp³-hybridized carbons (Fsp3) is 0.667. The Balaban J connectivity index is 2.56. The van der Waals surface area contributed by atoms with Gasteiger partial charge in [0, 0.05) is 7.05 Å². The first-order valence-electron chi connectivity index (χ1n) is 5.03. The van der Waals surface area contributed by atoms with Crippen LogP contribution >= 0.6 is 0 Å². The van der Waals surface area contributed by atoms with Crippen LogP contribution in [0.5, 0.6) is 0 Å². The Labute approximate surface area is 97.7 Å². The summed E-state index contributed by atoms with van der Waals surface area (Å²) in [5, 5.41) is 11.2. The van der Waals surface area contributed by atoms with Gasteiger partial charge in [-0.3, -0.25) is 9.59 Å². The number of ether oxygens (including phenoxy) is 1. The summed E-state index contributed by atoms with van der Waals surface area (Å²) in [7, 11) is 1.45. The van der Waals surface area contributed by atoms with Gasteiger partial charge in [0.25, 0.3) is 0 Å². The van der Waals surface area contributed by atoms with Gasteiger partial charge >= 0.3 is 12.0 Å². The van der Waals surface area contributed by atoms with Gasteiger partial charge in [-0.2, -0.15) is 0 Å². The third-order valence-electron chi connectivity index (χ3n) is 2.60. The van der Waals surface area contributed by atoms with E-state index >= 15 is 0 Å². The zero-order chi connectivity index (χ0) is 13.0. The predicted octanol–water partition coefficient (Wildman–Crippen LogP) is -1.79. The maximum absolute atomic E-state index is 11.6. The number of urea groups is 1. The highest BCUT2D eigenvalue weighted by Gasteiger charge is 2.38. The monoisotopic (exact) mass is 245 g/mol. The standard InChI is InChI=1S/C9H15N3O5/c1-12(9(16)11-2-7(10)13)6-4-17-3-5(6)8(14)15/h5-6H,2-4H2,1H3,(H2,10,13)(H,11,16)(H,14,15). The molecular weight excluding hydrogens is 230 g/mol. The minimum atomic E-state index is -1.01. The zero-order valence-electron chi connectivity index (χ0n) is 9.38. The average Bonchev–Trinajstić information content (AvgIpc) is 2.73. The van der Waals surface area contributed by atoms with E-state index in [1.807, 2.05) is 0 Å². The first-order chi connectivity index (χ1) is 7.93. The Morgan fingerprint density at radius 1 is 1.47 bits per heavy atom. The van der Waals surface area contributed by atoms with Crippen LogP contribution in [-0.2, 0) is 14.3 Å². The fourth-order valence-electron chi connectivity index (χ4n) is 1.60. The van der Waals surface area contributed by atoms with Crippen LogP contribution in [0.2, 0.25) is 0 Å². The first-order valence-corrected chi connectivity index (χ1v) is 5.03. The molecule has 0 aromatic carbocycles. The van der Waals surface area contributed by atoms with Crippen LogP contribution in [-0.4, -0.2) is 60.8 Å². The van der Waals surface area contributed by atoms with Crippen LogP contribution in [0.15, 0.2) is 0 Å². The summed E-state index contributed by atoms with van der Waals surface area (Å²) in [4.78, 5) is 34.2. The molecule has 3 amide bonds. The number of nitrogens with one attached hydrogen (secondary N) is 1. The van der Waals surface area contributed by atoms with Gasteiger partial charge in [0.05, 0.1) is 25.8 Å². The Bertz CT molecular complexity index is 333. The molecule has 8 nitrogen and oxygen atoms in total. The second kappa shape index (κ2) is 5.48. The molecule has 0 radical (unpaired) electrons. The van der Waals surface area contributed by atoms with E-state index in [0.717, 1.165) is 0 Å². The number of carboxylic acids is 1. The van der Waals surface area contributed by atoms with Crippen molar-refractivity contribution in [1.82, 2.24) is 10.2 Å². The van der Waals surface area contributed by atoms with Gasteiger partial charge in [0.1, 0.15) is 5.92 Å². The van der Waals surface area contributed by atoms with E-state index in [1.54, 1.807) is 0 Å². The van der Waals surface area contributed by atoms with Gasteiger partial charge in [-0.15, -0.1) is 0 Å². The lowest BCUT2D eigenvalue weighted by Gasteiger charge is -2.26. The van der Waals surface area contributed by atoms with E-state index in [1.165, 1.54) is 11.9 Å². The van der Waals surface area contributed by atoms with E-state index in [2.05, 4.69) is 5.32 Å². The van der Waals surface area contributed by atoms with Crippen molar-refractivity contribution in [3.63, 3.8) is 0 Å². The maximum Gasteiger partial charge on any atom is 0.317 e. The van der Waals surface area contributed by atoms with E-state index < -0.39 is 29.9 Å². The summed E-state index contributed by atoms with van der Waals surface area (Å²) < 4.78 is 5.03. The molecule has 1 aliphatic heterocycles. The summed E-state index contributed by atoms with van der Waals surface area (Å²) in [6, 6.07) is -1.09. The highest BCUT2D eigenvalue weighted by molar-refractivity contribution is 5.83. The molecule has 1 rings (SSSR count). The van der Waals surface area contributed by atoms with Crippen LogP contribution < -0.4 is 11.1 Å². The number of aliphatic carboxylic acids is 1. The molecule has 0 aromatic heterocycles. The molecule has 0 spiro atoms. The molecule has 0 aliphatic carbocycles. The van der Waals surface area contributed by atoms with Crippen molar-refractivity contribution in [3.8, 4) is 0 Å². The van der Waals surface area contributed by atoms with Crippen molar-refractivity contribution in [2.45, 2.75) is 6.04 Å². The van der Waals surface area contributed by atoms with E-state index in [4.69, 9.17) is 15.6 Å². The number of nitrogens with two attached hydrogens (primary N) is 1. The van der Waals surface area contributed by atoms with E-state index in [9.17, 15) is 14.4 Å². The Kier molecular flexibility index (Phi) is 4.27. The Morgan fingerprint density at radius 2 is 2.12 bits per heavy atom. The van der Waals surface area contributed by atoms with Gasteiger partial charge in [0.15, 0.2) is 0 Å². The molecule has 0 saturated carbocycles. The number of carbonyl (C=O) groups is 3. The van der Waals surface area contributed by atoms with Crippen LogP contribution in [0, 0.1) is 5.92 Å². The number of likely N-dealkylation sites (N-methyl/N-ethyl adjacent to an activating group) is 1. The number of primary amides is 1. The minimum absolute atomic E-state index is 0.0768. The second-order valence-electron chi connectivity index (χ2n) is 3.79. The third kappa shape index (κ3) is 3.31. The van der Waals surface area contributed by atoms with Crippen LogP contribution in [0.4, 0.5) is 4.79 Å². The van der Waals surface area contributed by atoms with Gasteiger partial charge in [0.2, 0.25) is 5.91 Å². The number of hydrogen-bond donors (Lipinski definition) is 3. The molecule has 1 heterocycles. The van der Waals surface area contributed by atoms with Gasteiger partial charge in [-0.05, 0) is 0 Å². The molecule has 1 aliphatic rings. The van der Waals surface area contributed by atoms with Crippen molar-refractivity contribution in [1.29, 1.82) is 0 Å². The molecule has 96 valence electrons. The van der Waals surface area contributed by atoms with Gasteiger partial charge in [-0.1, -0.05) is 0 Å². The molecular formula is C9H15N3O5. The fourth-order valence-corrected chi connectivity index (χ4v) is 1.60. The minimum Gasteiger partial charge on any atom is -0.481 e. The van der Waals surface area contributed by atoms with E-state index in [0.29, 0.717) is 0 Å². The van der Waals surface area contributed by atoms with Crippen molar-refractivity contribution in [2.75, 3.05) is 26.8 Å². The lowest BCUT2D eigenvalue weighted by atomic mass is 10.0. The number of carbonyl (C=O) groups excluding carboxylic acids is 2. The largest absolute Gasteiger partial charge is 0.481 e. The zero-order valence-corrected chi connectivity index (χ0v) is 9.38. The smallest absolute Gasteiger partial charge is 0.317 e. The van der Waals surface area contributed by atoms with Crippen molar-refractivity contribution in [2.24, 2.45) is 11.7 Å². The predicted molar refractivity (Wildman–Crippen MR) is 56.1 cm³/mol. The third-order valence-corrected chi connectivity index (χ3v) is 2.60. The SMILES string of the molecule is CN(C(=O)NCC(N)=O)C1COCC1C(=O)O. The van der Waals surface area contributed by atoms with Gasteiger partial charge in [-0.25, -0.2) is 4.79 Å². The molecule has 4 N–H and O–H groups in total. The summed E-state index contributed by atoms with van der Waals surface area (Å²) in [5.74, 6) is -2.43. The number of hydrogen-bond acceptors (Lipinski definition) is 4. The molecule has 8 heteroatoms. The number of rotatable bonds is 4. The molecule has 1 fully saturated rings. The highest BCUT2D eigenvalue weighted by Crippen LogP contribution is 2.18. The maximum atomic E-state index is 11.6. The highest BCUT2D eigenvalue weighted by atomic mass is 16.5. The molecule has 0 aromatic rings. The van der Waals surface area contributed by atoms with Crippen molar-refractivity contribution in [3.05, 3.63) is 0 Å². The quantitative estimate of drug-likeness (QED) is 0.540. The van der Waals surface area contributed by atoms with Crippen LogP contribution in [0.1, 0.15) is 0 Å². The lowest BCUT2D eigenvalue weighted by Crippen LogP contribution is -2.49. The van der Waals surface area contributed by atoms with Crippen LogP contribution in [0.25, 0.3) is 0 Å². The number of carboxylic acid groups (broad SMARTS) is 1. The van der Waals surface area contributed by atoms with Crippen molar-refractivity contribution >= 4 is 17.9 Å². The normalized spacial score (nSPS) is 23.1.